The van der Waals surface area contributed by atoms with Gasteiger partial charge in [0.15, 0.2) is 0 Å². The fourth-order valence-electron chi connectivity index (χ4n) is 1.30. The van der Waals surface area contributed by atoms with E-state index in [2.05, 4.69) is 13.2 Å². The molecule has 1 rings (SSSR count). The first-order chi connectivity index (χ1) is 6.61. The van der Waals surface area contributed by atoms with Gasteiger partial charge in [-0.25, -0.2) is 0 Å². The van der Waals surface area contributed by atoms with Crippen molar-refractivity contribution in [2.24, 2.45) is 0 Å². The van der Waals surface area contributed by atoms with Gasteiger partial charge in [0.25, 0.3) is 0 Å². The normalized spacial score (nSPS) is 9.57. The van der Waals surface area contributed by atoms with Crippen LogP contribution in [0.5, 0.6) is 0 Å². The molecule has 0 spiro atoms. The Kier molecular flexibility index (Phi) is 3.12. The van der Waals surface area contributed by atoms with Gasteiger partial charge in [0.2, 0.25) is 0 Å². The van der Waals surface area contributed by atoms with Crippen LogP contribution < -0.4 is 11.2 Å². The van der Waals surface area contributed by atoms with Gasteiger partial charge in [-0.05, 0) is 5.56 Å². The molecule has 1 aromatic rings. The summed E-state index contributed by atoms with van der Waals surface area (Å²) in [4.78, 5) is 0. The maximum atomic E-state index is 9.00. The molecule has 0 fully saturated rings. The Labute approximate surface area is 83.3 Å². The molecule has 0 unspecified atom stereocenters. The lowest BCUT2D eigenvalue weighted by molar-refractivity contribution is 0.426. The van der Waals surface area contributed by atoms with Crippen LogP contribution in [0.4, 0.5) is 5.69 Å². The largest absolute Gasteiger partial charge is 0.490 e. The van der Waals surface area contributed by atoms with Gasteiger partial charge < -0.3 is 15.8 Å². The molecule has 0 saturated carbocycles. The molecule has 0 aromatic heterocycles. The van der Waals surface area contributed by atoms with Crippen molar-refractivity contribution in [1.29, 1.82) is 0 Å². The van der Waals surface area contributed by atoms with Crippen LogP contribution in [0, 0.1) is 0 Å². The molecule has 3 nitrogen and oxygen atoms in total. The molecule has 4 heteroatoms. The van der Waals surface area contributed by atoms with E-state index in [-0.39, 0.29) is 5.46 Å². The third kappa shape index (κ3) is 1.71. The molecule has 0 bridgehead atoms. The van der Waals surface area contributed by atoms with E-state index in [0.717, 1.165) is 5.56 Å². The number of hydrogen-bond donors (Lipinski definition) is 3. The van der Waals surface area contributed by atoms with E-state index >= 15 is 0 Å². The van der Waals surface area contributed by atoms with Crippen LogP contribution in [-0.2, 0) is 0 Å². The third-order valence-corrected chi connectivity index (χ3v) is 2.06. The van der Waals surface area contributed by atoms with E-state index in [4.69, 9.17) is 15.8 Å². The SMILES string of the molecule is C=Cc1ccc(B(O)O)c(N)c1C=C. The van der Waals surface area contributed by atoms with Gasteiger partial charge in [-0.2, -0.15) is 0 Å². The van der Waals surface area contributed by atoms with Gasteiger partial charge in [0, 0.05) is 16.7 Å². The minimum Gasteiger partial charge on any atom is -0.423 e. The molecule has 14 heavy (non-hydrogen) atoms. The standard InChI is InChI=1S/C10H12BNO2/c1-3-7-5-6-9(11(13)14)10(12)8(7)4-2/h3-6,13-14H,1-2,12H2. The van der Waals surface area contributed by atoms with Crippen molar-refractivity contribution in [3.63, 3.8) is 0 Å². The van der Waals surface area contributed by atoms with Crippen LogP contribution in [0.15, 0.2) is 25.3 Å². The molecule has 0 aliphatic rings. The van der Waals surface area contributed by atoms with Gasteiger partial charge in [-0.15, -0.1) is 0 Å². The molecule has 4 N–H and O–H groups in total. The van der Waals surface area contributed by atoms with E-state index in [1.165, 1.54) is 0 Å². The third-order valence-electron chi connectivity index (χ3n) is 2.06. The van der Waals surface area contributed by atoms with Gasteiger partial charge in [-0.3, -0.25) is 0 Å². The van der Waals surface area contributed by atoms with E-state index in [0.29, 0.717) is 11.3 Å². The molecular weight excluding hydrogens is 177 g/mol. The Morgan fingerprint density at radius 2 is 1.86 bits per heavy atom. The van der Waals surface area contributed by atoms with Crippen molar-refractivity contribution in [3.8, 4) is 0 Å². The topological polar surface area (TPSA) is 66.5 Å². The first kappa shape index (κ1) is 10.6. The number of rotatable bonds is 3. The van der Waals surface area contributed by atoms with Gasteiger partial charge in [-0.1, -0.05) is 37.4 Å². The summed E-state index contributed by atoms with van der Waals surface area (Å²) in [5.41, 5.74) is 7.83. The summed E-state index contributed by atoms with van der Waals surface area (Å²) in [5.74, 6) is 0. The Bertz CT molecular complexity index is 375. The van der Waals surface area contributed by atoms with Crippen molar-refractivity contribution in [1.82, 2.24) is 0 Å². The van der Waals surface area contributed by atoms with Crippen molar-refractivity contribution in [2.75, 3.05) is 5.73 Å². The highest BCUT2D eigenvalue weighted by Gasteiger charge is 2.16. The minimum atomic E-state index is -1.56. The average molecular weight is 189 g/mol. The van der Waals surface area contributed by atoms with Gasteiger partial charge in [0.1, 0.15) is 0 Å². The van der Waals surface area contributed by atoms with Crippen LogP contribution in [0.1, 0.15) is 11.1 Å². The first-order valence-corrected chi connectivity index (χ1v) is 4.15. The lowest BCUT2D eigenvalue weighted by atomic mass is 9.77. The summed E-state index contributed by atoms with van der Waals surface area (Å²) in [5, 5.41) is 18.0. The Hall–Kier alpha value is -1.52. The zero-order valence-corrected chi connectivity index (χ0v) is 7.77. The fraction of sp³-hybridized carbons (Fsp3) is 0. The molecule has 0 aliphatic carbocycles. The Morgan fingerprint density at radius 3 is 2.29 bits per heavy atom. The smallest absolute Gasteiger partial charge is 0.423 e. The zero-order chi connectivity index (χ0) is 10.7. The highest BCUT2D eigenvalue weighted by Crippen LogP contribution is 2.17. The lowest BCUT2D eigenvalue weighted by Gasteiger charge is -2.10. The molecule has 0 amide bonds. The highest BCUT2D eigenvalue weighted by atomic mass is 16.4. The Balaban J connectivity index is 3.41. The number of nitrogens with two attached hydrogens (primary N) is 1. The molecular formula is C10H12BNO2. The highest BCUT2D eigenvalue weighted by molar-refractivity contribution is 6.60. The lowest BCUT2D eigenvalue weighted by Crippen LogP contribution is -2.32. The van der Waals surface area contributed by atoms with Crippen molar-refractivity contribution < 1.29 is 10.0 Å². The van der Waals surface area contributed by atoms with Crippen molar-refractivity contribution in [2.45, 2.75) is 0 Å². The van der Waals surface area contributed by atoms with Gasteiger partial charge in [0.05, 0.1) is 0 Å². The molecule has 0 aliphatic heterocycles. The van der Waals surface area contributed by atoms with E-state index in [1.54, 1.807) is 24.3 Å². The maximum absolute atomic E-state index is 9.00. The van der Waals surface area contributed by atoms with E-state index in [1.807, 2.05) is 0 Å². The van der Waals surface area contributed by atoms with E-state index in [9.17, 15) is 0 Å². The molecule has 0 radical (unpaired) electrons. The van der Waals surface area contributed by atoms with Crippen LogP contribution >= 0.6 is 0 Å². The molecule has 0 atom stereocenters. The fourth-order valence-corrected chi connectivity index (χ4v) is 1.30. The predicted molar refractivity (Wildman–Crippen MR) is 60.9 cm³/mol. The van der Waals surface area contributed by atoms with Crippen LogP contribution in [0.25, 0.3) is 12.2 Å². The second kappa shape index (κ2) is 4.13. The summed E-state index contributed by atoms with van der Waals surface area (Å²) in [6, 6.07) is 3.28. The van der Waals surface area contributed by atoms with Crippen molar-refractivity contribution >= 4 is 30.4 Å². The average Bonchev–Trinajstić information content (AvgIpc) is 2.16. The number of hydrogen-bond acceptors (Lipinski definition) is 3. The summed E-state index contributed by atoms with van der Waals surface area (Å²) in [7, 11) is -1.56. The molecule has 1 aromatic carbocycles. The maximum Gasteiger partial charge on any atom is 0.490 e. The van der Waals surface area contributed by atoms with Crippen LogP contribution in [0.2, 0.25) is 0 Å². The number of nitrogen functional groups attached to an aromatic ring is 1. The van der Waals surface area contributed by atoms with Gasteiger partial charge >= 0.3 is 7.12 Å². The first-order valence-electron chi connectivity index (χ1n) is 4.15. The number of anilines is 1. The summed E-state index contributed by atoms with van der Waals surface area (Å²) >= 11 is 0. The predicted octanol–water partition coefficient (Wildman–Crippen LogP) is 0.235. The monoisotopic (exact) mass is 189 g/mol. The second-order valence-electron chi connectivity index (χ2n) is 2.85. The second-order valence-corrected chi connectivity index (χ2v) is 2.85. The quantitative estimate of drug-likeness (QED) is 0.471. The number of benzene rings is 1. The summed E-state index contributed by atoms with van der Waals surface area (Å²) in [6.07, 6.45) is 3.21. The van der Waals surface area contributed by atoms with Crippen LogP contribution in [-0.4, -0.2) is 17.2 Å². The van der Waals surface area contributed by atoms with Crippen LogP contribution in [0.3, 0.4) is 0 Å². The molecule has 0 heterocycles. The summed E-state index contributed by atoms with van der Waals surface area (Å²) < 4.78 is 0. The van der Waals surface area contributed by atoms with E-state index < -0.39 is 7.12 Å². The minimum absolute atomic E-state index is 0.283. The Morgan fingerprint density at radius 1 is 1.21 bits per heavy atom. The molecule has 0 saturated heterocycles. The van der Waals surface area contributed by atoms with Crippen molar-refractivity contribution in [3.05, 3.63) is 36.4 Å². The molecule has 72 valence electrons. The summed E-state index contributed by atoms with van der Waals surface area (Å²) in [6.45, 7) is 7.24. The zero-order valence-electron chi connectivity index (χ0n) is 7.77.